The second kappa shape index (κ2) is 10.9. The van der Waals surface area contributed by atoms with Crippen molar-refractivity contribution in [2.75, 3.05) is 13.2 Å². The number of aliphatic hydroxyl groups excluding tert-OH is 4. The standard InChI is InChI=1S/C20H23IN2O4S/c21-13-23-18(10-24)14-1-5-16(6-2-14)28-17-7-3-15(4-8-17)19(27)9-20(22,11-25)12-26/h1-8,10,13,19,24-27H,9,11-12,22H2/b18-10-,23-13?. The van der Waals surface area contributed by atoms with Crippen LogP contribution in [0.4, 0.5) is 0 Å². The van der Waals surface area contributed by atoms with Gasteiger partial charge in [0.05, 0.1) is 29.1 Å². The third-order valence-corrected chi connectivity index (χ3v) is 5.48. The molecule has 1 unspecified atom stereocenters. The van der Waals surface area contributed by atoms with Gasteiger partial charge >= 0.3 is 0 Å². The molecule has 0 spiro atoms. The van der Waals surface area contributed by atoms with Crippen molar-refractivity contribution < 1.29 is 20.4 Å². The molecule has 0 aliphatic heterocycles. The average Bonchev–Trinajstić information content (AvgIpc) is 2.73. The molecule has 150 valence electrons. The zero-order chi connectivity index (χ0) is 20.6. The van der Waals surface area contributed by atoms with Crippen LogP contribution in [0.2, 0.25) is 0 Å². The molecule has 1 atom stereocenters. The van der Waals surface area contributed by atoms with Crippen LogP contribution in [0.3, 0.4) is 0 Å². The molecule has 0 bridgehead atoms. The maximum absolute atomic E-state index is 10.3. The molecule has 2 aromatic rings. The Balaban J connectivity index is 2.04. The Hall–Kier alpha value is -1.43. The first kappa shape index (κ1) is 22.9. The molecular weight excluding hydrogens is 491 g/mol. The van der Waals surface area contributed by atoms with Gasteiger partial charge in [-0.05, 0) is 58.8 Å². The van der Waals surface area contributed by atoms with E-state index in [1.165, 1.54) is 0 Å². The number of halogens is 1. The first-order chi connectivity index (χ1) is 13.4. The van der Waals surface area contributed by atoms with Gasteiger partial charge in [0.25, 0.3) is 0 Å². The Morgan fingerprint density at radius 2 is 1.61 bits per heavy atom. The number of nitrogens with two attached hydrogens (primary N) is 1. The van der Waals surface area contributed by atoms with Gasteiger partial charge in [0.1, 0.15) is 12.0 Å². The van der Waals surface area contributed by atoms with Crippen molar-refractivity contribution in [1.82, 2.24) is 0 Å². The smallest absolute Gasteiger partial charge is 0.105 e. The van der Waals surface area contributed by atoms with Crippen LogP contribution in [0.25, 0.3) is 5.70 Å². The van der Waals surface area contributed by atoms with Crippen molar-refractivity contribution in [3.63, 3.8) is 0 Å². The van der Waals surface area contributed by atoms with Gasteiger partial charge < -0.3 is 26.2 Å². The van der Waals surface area contributed by atoms with E-state index in [-0.39, 0.29) is 6.42 Å². The maximum Gasteiger partial charge on any atom is 0.105 e. The van der Waals surface area contributed by atoms with Crippen LogP contribution >= 0.6 is 34.4 Å². The minimum atomic E-state index is -1.21. The van der Waals surface area contributed by atoms with Gasteiger partial charge in [-0.25, -0.2) is 4.99 Å². The third kappa shape index (κ3) is 6.29. The van der Waals surface area contributed by atoms with Crippen molar-refractivity contribution in [2.24, 2.45) is 10.7 Å². The summed E-state index contributed by atoms with van der Waals surface area (Å²) in [6.07, 6.45) is 0.170. The largest absolute Gasteiger partial charge is 0.513 e. The first-order valence-corrected chi connectivity index (χ1v) is 10.5. The lowest BCUT2D eigenvalue weighted by Crippen LogP contribution is -2.48. The molecule has 0 fully saturated rings. The van der Waals surface area contributed by atoms with E-state index in [0.29, 0.717) is 11.3 Å². The third-order valence-electron chi connectivity index (χ3n) is 4.19. The Kier molecular flexibility index (Phi) is 8.93. The molecule has 28 heavy (non-hydrogen) atoms. The fraction of sp³-hybridized carbons (Fsp3) is 0.250. The molecule has 0 aliphatic rings. The van der Waals surface area contributed by atoms with Crippen molar-refractivity contribution >= 4 is 44.3 Å². The monoisotopic (exact) mass is 514 g/mol. The summed E-state index contributed by atoms with van der Waals surface area (Å²) in [6.45, 7) is -0.804. The van der Waals surface area contributed by atoms with Crippen molar-refractivity contribution in [2.45, 2.75) is 27.9 Å². The van der Waals surface area contributed by atoms with Crippen LogP contribution in [0.1, 0.15) is 23.7 Å². The summed E-state index contributed by atoms with van der Waals surface area (Å²) < 4.78 is 1.59. The summed E-state index contributed by atoms with van der Waals surface area (Å²) in [7, 11) is 0. The van der Waals surface area contributed by atoms with E-state index in [1.54, 1.807) is 28.1 Å². The molecule has 2 rings (SSSR count). The Bertz CT molecular complexity index is 806. The zero-order valence-electron chi connectivity index (χ0n) is 15.1. The van der Waals surface area contributed by atoms with E-state index in [2.05, 4.69) is 4.99 Å². The topological polar surface area (TPSA) is 119 Å². The van der Waals surface area contributed by atoms with E-state index in [0.717, 1.165) is 21.6 Å². The predicted molar refractivity (Wildman–Crippen MR) is 121 cm³/mol. The van der Waals surface area contributed by atoms with Gasteiger partial charge in [-0.2, -0.15) is 0 Å². The quantitative estimate of drug-likeness (QED) is 0.199. The van der Waals surface area contributed by atoms with Crippen LogP contribution in [-0.4, -0.2) is 43.4 Å². The molecule has 2 aromatic carbocycles. The highest BCUT2D eigenvalue weighted by Gasteiger charge is 2.27. The zero-order valence-corrected chi connectivity index (χ0v) is 18.0. The normalized spacial score (nSPS) is 13.8. The van der Waals surface area contributed by atoms with Gasteiger partial charge in [0, 0.05) is 15.4 Å². The number of nitrogens with zero attached hydrogens (tertiary/aromatic N) is 1. The molecule has 0 aliphatic carbocycles. The second-order valence-corrected chi connectivity index (χ2v) is 8.04. The predicted octanol–water partition coefficient (Wildman–Crippen LogP) is 3.26. The van der Waals surface area contributed by atoms with Crippen molar-refractivity contribution in [3.05, 3.63) is 65.9 Å². The number of benzene rings is 2. The van der Waals surface area contributed by atoms with E-state index < -0.39 is 24.9 Å². The molecule has 0 saturated carbocycles. The average molecular weight is 514 g/mol. The SMILES string of the molecule is NC(CO)(CO)CC(O)c1ccc(Sc2ccc(/C(=C/O)N=CI)cc2)cc1. The molecule has 6 nitrogen and oxygen atoms in total. The molecule has 0 amide bonds. The Morgan fingerprint density at radius 3 is 2.07 bits per heavy atom. The van der Waals surface area contributed by atoms with Crippen LogP contribution in [0.5, 0.6) is 0 Å². The van der Waals surface area contributed by atoms with E-state index in [9.17, 15) is 20.4 Å². The Labute approximate surface area is 182 Å². The number of hydrogen-bond donors (Lipinski definition) is 5. The highest BCUT2D eigenvalue weighted by Crippen LogP contribution is 2.31. The number of aliphatic imine (C=N–C) groups is 1. The van der Waals surface area contributed by atoms with Crippen molar-refractivity contribution in [3.8, 4) is 0 Å². The lowest BCUT2D eigenvalue weighted by molar-refractivity contribution is 0.0618. The van der Waals surface area contributed by atoms with Gasteiger partial charge in [-0.3, -0.25) is 0 Å². The Morgan fingerprint density at radius 1 is 1.07 bits per heavy atom. The summed E-state index contributed by atoms with van der Waals surface area (Å²) in [5, 5.41) is 38.1. The minimum Gasteiger partial charge on any atom is -0.513 e. The second-order valence-electron chi connectivity index (χ2n) is 6.34. The molecule has 0 aromatic heterocycles. The van der Waals surface area contributed by atoms with E-state index in [4.69, 9.17) is 5.73 Å². The van der Waals surface area contributed by atoms with E-state index >= 15 is 0 Å². The lowest BCUT2D eigenvalue weighted by atomic mass is 9.92. The van der Waals surface area contributed by atoms with Crippen LogP contribution in [0.15, 0.2) is 69.6 Å². The van der Waals surface area contributed by atoms with Gasteiger partial charge in [0.2, 0.25) is 0 Å². The highest BCUT2D eigenvalue weighted by molar-refractivity contribution is 14.1. The highest BCUT2D eigenvalue weighted by atomic mass is 127. The fourth-order valence-corrected chi connectivity index (χ4v) is 3.62. The molecule has 0 heterocycles. The van der Waals surface area contributed by atoms with Gasteiger partial charge in [0.15, 0.2) is 0 Å². The minimum absolute atomic E-state index is 0.0639. The van der Waals surface area contributed by atoms with Crippen LogP contribution in [-0.2, 0) is 0 Å². The number of hydrogen-bond acceptors (Lipinski definition) is 7. The van der Waals surface area contributed by atoms with Gasteiger partial charge in [-0.15, -0.1) is 0 Å². The molecular formula is C20H23IN2O4S. The molecule has 8 heteroatoms. The number of rotatable bonds is 9. The molecule has 0 radical (unpaired) electrons. The van der Waals surface area contributed by atoms with Crippen LogP contribution < -0.4 is 5.73 Å². The molecule has 6 N–H and O–H groups in total. The van der Waals surface area contributed by atoms with Gasteiger partial charge in [-0.1, -0.05) is 36.0 Å². The summed E-state index contributed by atoms with van der Waals surface area (Å²) in [5.41, 5.74) is 6.61. The number of aliphatic hydroxyl groups is 4. The summed E-state index contributed by atoms with van der Waals surface area (Å²) in [4.78, 5) is 6.11. The maximum atomic E-state index is 10.3. The van der Waals surface area contributed by atoms with Crippen LogP contribution in [0, 0.1) is 0 Å². The summed E-state index contributed by atoms with van der Waals surface area (Å²) in [6, 6.07) is 15.1. The first-order valence-electron chi connectivity index (χ1n) is 8.48. The lowest BCUT2D eigenvalue weighted by Gasteiger charge is -2.27. The fourth-order valence-electron chi connectivity index (χ4n) is 2.50. The summed E-state index contributed by atoms with van der Waals surface area (Å²) >= 11 is 3.56. The molecule has 0 saturated heterocycles. The van der Waals surface area contributed by atoms with Crippen molar-refractivity contribution in [1.29, 1.82) is 0 Å². The van der Waals surface area contributed by atoms with E-state index in [1.807, 2.05) is 59.0 Å². The summed E-state index contributed by atoms with van der Waals surface area (Å²) in [5.74, 6) is 0.